The number of benzene rings is 2. The number of hydrogen-bond acceptors (Lipinski definition) is 10. The first kappa shape index (κ1) is 27.4. The molecule has 0 aliphatic rings. The predicted molar refractivity (Wildman–Crippen MR) is 151 cm³/mol. The van der Waals surface area contributed by atoms with E-state index in [0.717, 1.165) is 11.4 Å². The molecule has 2 aromatic heterocycles. The summed E-state index contributed by atoms with van der Waals surface area (Å²) >= 11 is 2.73. The molecule has 0 aliphatic carbocycles. The van der Waals surface area contributed by atoms with Crippen molar-refractivity contribution < 1.29 is 14.9 Å². The predicted octanol–water partition coefficient (Wildman–Crippen LogP) is 5.53. The van der Waals surface area contributed by atoms with Crippen LogP contribution in [0.4, 0.5) is 28.0 Å². The van der Waals surface area contributed by atoms with Crippen molar-refractivity contribution in [2.24, 2.45) is 0 Å². The molecule has 0 saturated carbocycles. The van der Waals surface area contributed by atoms with Crippen LogP contribution in [0.25, 0.3) is 20.8 Å². The van der Waals surface area contributed by atoms with Gasteiger partial charge in [0.2, 0.25) is 5.69 Å². The van der Waals surface area contributed by atoms with E-state index in [9.17, 15) is 10.4 Å². The van der Waals surface area contributed by atoms with E-state index in [0.29, 0.717) is 38.5 Å². The van der Waals surface area contributed by atoms with Crippen molar-refractivity contribution in [3.63, 3.8) is 0 Å². The van der Waals surface area contributed by atoms with Gasteiger partial charge in [-0.15, -0.1) is 11.3 Å². The Labute approximate surface area is 233 Å². The van der Waals surface area contributed by atoms with Crippen LogP contribution < -0.4 is 15.8 Å². The molecule has 10 nitrogen and oxygen atoms in total. The molecule has 0 fully saturated rings. The van der Waals surface area contributed by atoms with Crippen molar-refractivity contribution >= 4 is 51.1 Å². The Balaban J connectivity index is 1.54. The number of aliphatic hydroxyl groups excluding tert-OH is 2. The SMILES string of the molecule is [C-]#[N+]c1ccc(Nc2nc(CSc3nc(N)c([N+]#[C-])c(-c4ccc(OCC(O)CO)cc4)c3C#N)cs2)cc1. The van der Waals surface area contributed by atoms with E-state index in [1.165, 1.54) is 23.1 Å². The van der Waals surface area contributed by atoms with Gasteiger partial charge in [0.1, 0.15) is 35.4 Å². The number of anilines is 3. The van der Waals surface area contributed by atoms with Crippen molar-refractivity contribution in [2.75, 3.05) is 24.3 Å². The number of pyridine rings is 1. The van der Waals surface area contributed by atoms with Gasteiger partial charge in [-0.05, 0) is 29.8 Å². The second-order valence-corrected chi connectivity index (χ2v) is 9.83. The number of nitrogens with two attached hydrogens (primary N) is 1. The zero-order valence-electron chi connectivity index (χ0n) is 20.3. The molecule has 1 atom stereocenters. The van der Waals surface area contributed by atoms with Gasteiger partial charge in [-0.1, -0.05) is 36.0 Å². The molecule has 4 rings (SSSR count). The van der Waals surface area contributed by atoms with Crippen LogP contribution in [0, 0.1) is 24.5 Å². The van der Waals surface area contributed by atoms with Gasteiger partial charge in [-0.2, -0.15) is 5.26 Å². The summed E-state index contributed by atoms with van der Waals surface area (Å²) in [5.74, 6) is 0.907. The van der Waals surface area contributed by atoms with Crippen molar-refractivity contribution in [3.8, 4) is 22.9 Å². The average Bonchev–Trinajstić information content (AvgIpc) is 3.42. The highest BCUT2D eigenvalue weighted by Crippen LogP contribution is 2.42. The molecule has 0 spiro atoms. The lowest BCUT2D eigenvalue weighted by molar-refractivity contribution is 0.0536. The van der Waals surface area contributed by atoms with Crippen LogP contribution in [-0.4, -0.2) is 39.5 Å². The number of rotatable bonds is 10. The third-order valence-corrected chi connectivity index (χ3v) is 7.16. The molecule has 0 saturated heterocycles. The summed E-state index contributed by atoms with van der Waals surface area (Å²) in [6.07, 6.45) is -0.996. The molecule has 2 aromatic carbocycles. The maximum absolute atomic E-state index is 10.0. The number of aliphatic hydroxyl groups is 2. The summed E-state index contributed by atoms with van der Waals surface area (Å²) in [5.41, 5.74) is 9.58. The first-order valence-corrected chi connectivity index (χ1v) is 13.3. The first-order valence-electron chi connectivity index (χ1n) is 11.4. The average molecular weight is 556 g/mol. The Morgan fingerprint density at radius 3 is 2.51 bits per heavy atom. The number of thioether (sulfide) groups is 1. The van der Waals surface area contributed by atoms with Gasteiger partial charge in [-0.3, -0.25) is 0 Å². The number of hydrogen-bond donors (Lipinski definition) is 4. The molecule has 4 aromatic rings. The Hall–Kier alpha value is -4.64. The number of nitriles is 1. The van der Waals surface area contributed by atoms with E-state index in [2.05, 4.69) is 31.0 Å². The van der Waals surface area contributed by atoms with Crippen LogP contribution >= 0.6 is 23.1 Å². The zero-order valence-corrected chi connectivity index (χ0v) is 22.0. The van der Waals surface area contributed by atoms with Gasteiger partial charge in [-0.25, -0.2) is 19.7 Å². The molecule has 1 unspecified atom stereocenters. The minimum Gasteiger partial charge on any atom is -0.491 e. The molecule has 39 heavy (non-hydrogen) atoms. The standard InChI is InChI=1S/C27H21N7O3S2/c1-30-17-5-7-18(8-6-17)32-27-33-19(15-39-27)14-38-26-22(11-28)23(24(31-2)25(29)34-26)16-3-9-21(10-4-16)37-13-20(36)12-35/h3-10,15,20,35-36H,12-14H2,(H2,29,34)(H,32,33). The first-order chi connectivity index (χ1) is 18.9. The fourth-order valence-corrected chi connectivity index (χ4v) is 5.18. The maximum Gasteiger partial charge on any atom is 0.236 e. The molecule has 0 amide bonds. The van der Waals surface area contributed by atoms with Gasteiger partial charge in [0.25, 0.3) is 0 Å². The van der Waals surface area contributed by atoms with Crippen molar-refractivity contribution in [2.45, 2.75) is 16.9 Å². The fourth-order valence-electron chi connectivity index (χ4n) is 3.45. The highest BCUT2D eigenvalue weighted by Gasteiger charge is 2.21. The van der Waals surface area contributed by atoms with Crippen LogP contribution in [0.3, 0.4) is 0 Å². The smallest absolute Gasteiger partial charge is 0.236 e. The Morgan fingerprint density at radius 2 is 1.87 bits per heavy atom. The van der Waals surface area contributed by atoms with Crippen LogP contribution in [0.1, 0.15) is 11.3 Å². The van der Waals surface area contributed by atoms with E-state index in [4.69, 9.17) is 28.7 Å². The lowest BCUT2D eigenvalue weighted by atomic mass is 10.00. The molecular weight excluding hydrogens is 534 g/mol. The van der Waals surface area contributed by atoms with Gasteiger partial charge in [0.15, 0.2) is 10.8 Å². The maximum atomic E-state index is 10.0. The molecule has 12 heteroatoms. The zero-order chi connectivity index (χ0) is 27.8. The molecule has 5 N–H and O–H groups in total. The van der Waals surface area contributed by atoms with Gasteiger partial charge in [0.05, 0.1) is 31.0 Å². The normalized spacial score (nSPS) is 11.2. The topological polar surface area (TPSA) is 146 Å². The summed E-state index contributed by atoms with van der Waals surface area (Å²) in [4.78, 5) is 15.9. The van der Waals surface area contributed by atoms with E-state index in [1.54, 1.807) is 36.4 Å². The van der Waals surface area contributed by atoms with Gasteiger partial charge >= 0.3 is 0 Å². The fraction of sp³-hybridized carbons (Fsp3) is 0.148. The quantitative estimate of drug-likeness (QED) is 0.147. The number of aromatic nitrogens is 2. The van der Waals surface area contributed by atoms with Gasteiger partial charge < -0.3 is 26.0 Å². The minimum atomic E-state index is -0.996. The van der Waals surface area contributed by atoms with E-state index in [-0.39, 0.29) is 23.7 Å². The second kappa shape index (κ2) is 12.7. The number of nitrogens with one attached hydrogen (secondary N) is 1. The largest absolute Gasteiger partial charge is 0.491 e. The highest BCUT2D eigenvalue weighted by molar-refractivity contribution is 7.98. The Morgan fingerprint density at radius 1 is 1.13 bits per heavy atom. The van der Waals surface area contributed by atoms with Crippen molar-refractivity contribution in [1.29, 1.82) is 5.26 Å². The highest BCUT2D eigenvalue weighted by atomic mass is 32.2. The van der Waals surface area contributed by atoms with Crippen LogP contribution in [-0.2, 0) is 5.75 Å². The third-order valence-electron chi connectivity index (χ3n) is 5.34. The van der Waals surface area contributed by atoms with E-state index >= 15 is 0 Å². The third kappa shape index (κ3) is 6.63. The number of nitrogens with zero attached hydrogens (tertiary/aromatic N) is 5. The number of thiazole rings is 1. The Bertz CT molecular complexity index is 1580. The van der Waals surface area contributed by atoms with Crippen LogP contribution in [0.15, 0.2) is 58.9 Å². The van der Waals surface area contributed by atoms with E-state index < -0.39 is 12.7 Å². The van der Waals surface area contributed by atoms with Crippen LogP contribution in [0.2, 0.25) is 0 Å². The lowest BCUT2D eigenvalue weighted by Crippen LogP contribution is -2.21. The molecule has 0 radical (unpaired) electrons. The van der Waals surface area contributed by atoms with Crippen molar-refractivity contribution in [1.82, 2.24) is 9.97 Å². The number of nitrogen functional groups attached to an aromatic ring is 1. The van der Waals surface area contributed by atoms with Gasteiger partial charge in [0, 0.05) is 22.4 Å². The summed E-state index contributed by atoms with van der Waals surface area (Å²) in [6, 6.07) is 16.0. The molecule has 194 valence electrons. The second-order valence-electron chi connectivity index (χ2n) is 8.01. The van der Waals surface area contributed by atoms with E-state index in [1.807, 2.05) is 17.5 Å². The molecule has 0 bridgehead atoms. The Kier molecular flexibility index (Phi) is 8.95. The summed E-state index contributed by atoms with van der Waals surface area (Å²) < 4.78 is 5.45. The van der Waals surface area contributed by atoms with Crippen LogP contribution in [0.5, 0.6) is 5.75 Å². The molecular formula is C27H21N7O3S2. The lowest BCUT2D eigenvalue weighted by Gasteiger charge is -2.14. The molecule has 2 heterocycles. The molecule has 0 aliphatic heterocycles. The minimum absolute atomic E-state index is 0.0244. The number of ether oxygens (including phenoxy) is 1. The summed E-state index contributed by atoms with van der Waals surface area (Å²) in [7, 11) is 0. The summed E-state index contributed by atoms with van der Waals surface area (Å²) in [5, 5.41) is 34.7. The summed E-state index contributed by atoms with van der Waals surface area (Å²) in [6.45, 7) is 14.2. The monoisotopic (exact) mass is 555 g/mol. The van der Waals surface area contributed by atoms with Crippen molar-refractivity contribution in [3.05, 3.63) is 88.0 Å².